The Bertz CT molecular complexity index is 640. The Morgan fingerprint density at radius 1 is 1.00 bits per heavy atom. The highest BCUT2D eigenvalue weighted by Crippen LogP contribution is 2.29. The van der Waals surface area contributed by atoms with Gasteiger partial charge in [-0.25, -0.2) is 0 Å². The van der Waals surface area contributed by atoms with Crippen LogP contribution in [0, 0.1) is 11.8 Å². The van der Waals surface area contributed by atoms with Gasteiger partial charge in [0.25, 0.3) is 0 Å². The fourth-order valence-corrected chi connectivity index (χ4v) is 3.50. The molecule has 2 rings (SSSR count). The molecule has 0 saturated heterocycles. The number of aliphatic hydroxyl groups is 2. The zero-order chi connectivity index (χ0) is 19.6. The third-order valence-electron chi connectivity index (χ3n) is 4.68. The molecule has 1 aromatic carbocycles. The van der Waals surface area contributed by atoms with Crippen LogP contribution >= 0.6 is 15.9 Å². The molecule has 0 spiro atoms. The molecular formula is C20H27BrN2O4. The van der Waals surface area contributed by atoms with Gasteiger partial charge in [-0.2, -0.15) is 0 Å². The van der Waals surface area contributed by atoms with Crippen molar-refractivity contribution in [3.63, 3.8) is 0 Å². The number of halogens is 1. The van der Waals surface area contributed by atoms with Crippen molar-refractivity contribution in [3.8, 4) is 0 Å². The van der Waals surface area contributed by atoms with E-state index in [0.717, 1.165) is 4.47 Å². The topological polar surface area (TPSA) is 89.9 Å². The number of rotatable bonds is 9. The summed E-state index contributed by atoms with van der Waals surface area (Å²) < 4.78 is 0.928. The minimum absolute atomic E-state index is 0.000948. The normalized spacial score (nSPS) is 18.9. The second kappa shape index (κ2) is 11.2. The monoisotopic (exact) mass is 438 g/mol. The van der Waals surface area contributed by atoms with Crippen LogP contribution in [0.4, 0.5) is 5.69 Å². The number of amides is 2. The second-order valence-corrected chi connectivity index (χ2v) is 7.55. The molecule has 0 fully saturated rings. The number of benzene rings is 1. The minimum atomic E-state index is -0.433. The third kappa shape index (κ3) is 6.45. The molecule has 3 N–H and O–H groups in total. The van der Waals surface area contributed by atoms with Crippen LogP contribution in [0.5, 0.6) is 0 Å². The van der Waals surface area contributed by atoms with Crippen LogP contribution in [0.1, 0.15) is 25.7 Å². The maximum atomic E-state index is 13.1. The molecule has 2 unspecified atom stereocenters. The van der Waals surface area contributed by atoms with Crippen LogP contribution in [-0.4, -0.2) is 53.2 Å². The van der Waals surface area contributed by atoms with E-state index < -0.39 is 11.8 Å². The van der Waals surface area contributed by atoms with Crippen molar-refractivity contribution < 1.29 is 19.8 Å². The molecule has 0 aromatic heterocycles. The van der Waals surface area contributed by atoms with Gasteiger partial charge in [-0.1, -0.05) is 28.1 Å². The number of hydrogen-bond acceptors (Lipinski definition) is 4. The molecule has 6 nitrogen and oxygen atoms in total. The molecule has 1 aliphatic rings. The largest absolute Gasteiger partial charge is 0.396 e. The highest BCUT2D eigenvalue weighted by molar-refractivity contribution is 9.10. The van der Waals surface area contributed by atoms with Gasteiger partial charge in [-0.05, 0) is 49.9 Å². The lowest BCUT2D eigenvalue weighted by atomic mass is 9.81. The van der Waals surface area contributed by atoms with E-state index in [0.29, 0.717) is 44.5 Å². The lowest BCUT2D eigenvalue weighted by Crippen LogP contribution is -2.44. The molecule has 27 heavy (non-hydrogen) atoms. The van der Waals surface area contributed by atoms with Crippen LogP contribution in [0.15, 0.2) is 40.9 Å². The van der Waals surface area contributed by atoms with Gasteiger partial charge in [-0.3, -0.25) is 9.59 Å². The van der Waals surface area contributed by atoms with E-state index in [1.54, 1.807) is 4.90 Å². The molecule has 7 heteroatoms. The zero-order valence-electron chi connectivity index (χ0n) is 15.3. The van der Waals surface area contributed by atoms with E-state index in [1.807, 2.05) is 36.4 Å². The Hall–Kier alpha value is -1.70. The van der Waals surface area contributed by atoms with E-state index in [-0.39, 0.29) is 25.0 Å². The molecule has 0 radical (unpaired) electrons. The Morgan fingerprint density at radius 2 is 1.56 bits per heavy atom. The Morgan fingerprint density at radius 3 is 2.11 bits per heavy atom. The first-order valence-electron chi connectivity index (χ1n) is 9.28. The number of carbonyl (C=O) groups excluding carboxylic acids is 2. The van der Waals surface area contributed by atoms with E-state index in [2.05, 4.69) is 21.2 Å². The summed E-state index contributed by atoms with van der Waals surface area (Å²) in [6, 6.07) is 7.33. The zero-order valence-corrected chi connectivity index (χ0v) is 16.9. The first-order chi connectivity index (χ1) is 13.1. The average Bonchev–Trinajstić information content (AvgIpc) is 2.69. The lowest BCUT2D eigenvalue weighted by Gasteiger charge is -2.32. The average molecular weight is 439 g/mol. The Kier molecular flexibility index (Phi) is 8.97. The first-order valence-corrected chi connectivity index (χ1v) is 10.1. The van der Waals surface area contributed by atoms with Crippen molar-refractivity contribution in [1.29, 1.82) is 0 Å². The van der Waals surface area contributed by atoms with Gasteiger partial charge >= 0.3 is 0 Å². The fraction of sp³-hybridized carbons (Fsp3) is 0.500. The number of aliphatic hydroxyl groups excluding tert-OH is 2. The fourth-order valence-electron chi connectivity index (χ4n) is 3.23. The highest BCUT2D eigenvalue weighted by atomic mass is 79.9. The molecule has 1 aromatic rings. The number of nitrogens with one attached hydrogen (secondary N) is 1. The standard InChI is InChI=1S/C20H27BrN2O4/c21-15-7-9-16(10-8-15)22-19(26)17-5-1-2-6-18(17)20(27)23(11-3-13-24)12-4-14-25/h1-2,7-10,17-18,24-25H,3-6,11-14H2,(H,22,26). The van der Waals surface area contributed by atoms with Gasteiger partial charge in [0.05, 0.1) is 11.8 Å². The molecule has 0 heterocycles. The number of allylic oxidation sites excluding steroid dienone is 2. The van der Waals surface area contributed by atoms with Crippen molar-refractivity contribution in [2.75, 3.05) is 31.6 Å². The Labute approximate surface area is 168 Å². The lowest BCUT2D eigenvalue weighted by molar-refractivity contribution is -0.141. The highest BCUT2D eigenvalue weighted by Gasteiger charge is 2.36. The predicted molar refractivity (Wildman–Crippen MR) is 108 cm³/mol. The van der Waals surface area contributed by atoms with Crippen LogP contribution in [0.3, 0.4) is 0 Å². The number of hydrogen-bond donors (Lipinski definition) is 3. The van der Waals surface area contributed by atoms with Crippen molar-refractivity contribution in [2.24, 2.45) is 11.8 Å². The van der Waals surface area contributed by atoms with E-state index >= 15 is 0 Å². The van der Waals surface area contributed by atoms with Gasteiger partial charge in [0.2, 0.25) is 11.8 Å². The van der Waals surface area contributed by atoms with Crippen molar-refractivity contribution in [1.82, 2.24) is 4.90 Å². The second-order valence-electron chi connectivity index (χ2n) is 6.63. The molecule has 148 valence electrons. The molecule has 0 saturated carbocycles. The van der Waals surface area contributed by atoms with E-state index in [1.165, 1.54) is 0 Å². The van der Waals surface area contributed by atoms with Crippen LogP contribution in [0.2, 0.25) is 0 Å². The summed E-state index contributed by atoms with van der Waals surface area (Å²) in [4.78, 5) is 27.5. The van der Waals surface area contributed by atoms with Crippen molar-refractivity contribution in [2.45, 2.75) is 25.7 Å². The van der Waals surface area contributed by atoms with Gasteiger partial charge in [0.15, 0.2) is 0 Å². The molecule has 2 amide bonds. The summed E-state index contributed by atoms with van der Waals surface area (Å²) in [6.45, 7) is 0.856. The summed E-state index contributed by atoms with van der Waals surface area (Å²) in [6.07, 6.45) is 5.90. The minimum Gasteiger partial charge on any atom is -0.396 e. The van der Waals surface area contributed by atoms with Gasteiger partial charge < -0.3 is 20.4 Å². The summed E-state index contributed by atoms with van der Waals surface area (Å²) in [5, 5.41) is 21.1. The maximum absolute atomic E-state index is 13.1. The predicted octanol–water partition coefficient (Wildman–Crippen LogP) is 2.56. The molecule has 0 aliphatic heterocycles. The van der Waals surface area contributed by atoms with Crippen LogP contribution in [-0.2, 0) is 9.59 Å². The van der Waals surface area contributed by atoms with E-state index in [4.69, 9.17) is 10.2 Å². The van der Waals surface area contributed by atoms with Gasteiger partial charge in [0, 0.05) is 36.5 Å². The smallest absolute Gasteiger partial charge is 0.228 e. The third-order valence-corrected chi connectivity index (χ3v) is 5.21. The van der Waals surface area contributed by atoms with Crippen LogP contribution < -0.4 is 5.32 Å². The maximum Gasteiger partial charge on any atom is 0.228 e. The molecule has 2 atom stereocenters. The summed E-state index contributed by atoms with van der Waals surface area (Å²) in [5.41, 5.74) is 0.696. The van der Waals surface area contributed by atoms with Crippen molar-refractivity contribution in [3.05, 3.63) is 40.9 Å². The van der Waals surface area contributed by atoms with Gasteiger partial charge in [0.1, 0.15) is 0 Å². The number of nitrogens with zero attached hydrogens (tertiary/aromatic N) is 1. The summed E-state index contributed by atoms with van der Waals surface area (Å²) in [5.74, 6) is -1.11. The summed E-state index contributed by atoms with van der Waals surface area (Å²) in [7, 11) is 0. The molecule has 0 bridgehead atoms. The quantitative estimate of drug-likeness (QED) is 0.516. The SMILES string of the molecule is O=C(Nc1ccc(Br)cc1)C1CC=CCC1C(=O)N(CCCO)CCCO. The van der Waals surface area contributed by atoms with Crippen molar-refractivity contribution >= 4 is 33.4 Å². The van der Waals surface area contributed by atoms with E-state index in [9.17, 15) is 9.59 Å². The van der Waals surface area contributed by atoms with Gasteiger partial charge in [-0.15, -0.1) is 0 Å². The number of carbonyl (C=O) groups is 2. The molecule has 1 aliphatic carbocycles. The molecular weight excluding hydrogens is 412 g/mol. The van der Waals surface area contributed by atoms with Crippen LogP contribution in [0.25, 0.3) is 0 Å². The first kappa shape index (κ1) is 21.6. The Balaban J connectivity index is 2.09. The number of anilines is 1. The summed E-state index contributed by atoms with van der Waals surface area (Å²) >= 11 is 3.37.